The molecule has 0 aliphatic heterocycles. The molecule has 204 valence electrons. The quantitative estimate of drug-likeness (QED) is 0.303. The van der Waals surface area contributed by atoms with Gasteiger partial charge in [0.05, 0.1) is 18.5 Å². The van der Waals surface area contributed by atoms with Crippen LogP contribution in [0.4, 0.5) is 17.2 Å². The summed E-state index contributed by atoms with van der Waals surface area (Å²) in [5.74, 6) is 1.07. The zero-order valence-electron chi connectivity index (χ0n) is 23.1. The minimum atomic E-state index is -0.422. The number of aromatic nitrogens is 2. The van der Waals surface area contributed by atoms with Gasteiger partial charge in [-0.1, -0.05) is 26.8 Å². The van der Waals surface area contributed by atoms with E-state index in [1.165, 1.54) is 7.05 Å². The van der Waals surface area contributed by atoms with E-state index >= 15 is 0 Å². The van der Waals surface area contributed by atoms with E-state index in [0.29, 0.717) is 40.2 Å². The number of carbonyl (C=O) groups excluding carboxylic acids is 2. The lowest BCUT2D eigenvalue weighted by atomic mass is 9.89. The van der Waals surface area contributed by atoms with Crippen molar-refractivity contribution in [3.63, 3.8) is 0 Å². The van der Waals surface area contributed by atoms with Crippen molar-refractivity contribution in [1.82, 2.24) is 15.5 Å². The Bertz CT molecular complexity index is 1220. The van der Waals surface area contributed by atoms with Crippen molar-refractivity contribution in [1.29, 1.82) is 0 Å². The molecule has 1 aromatic carbocycles. The zero-order chi connectivity index (χ0) is 27.8. The van der Waals surface area contributed by atoms with Crippen LogP contribution in [0.15, 0.2) is 35.3 Å². The third kappa shape index (κ3) is 7.08. The molecule has 0 bridgehead atoms. The second kappa shape index (κ2) is 13.0. The molecule has 1 heterocycles. The van der Waals surface area contributed by atoms with Gasteiger partial charge in [-0.15, -0.1) is 10.2 Å². The highest BCUT2D eigenvalue weighted by Gasteiger charge is 2.30. The molecule has 0 spiro atoms. The highest BCUT2D eigenvalue weighted by Crippen LogP contribution is 2.36. The van der Waals surface area contributed by atoms with Gasteiger partial charge >= 0.3 is 0 Å². The molecule has 0 radical (unpaired) electrons. The van der Waals surface area contributed by atoms with Gasteiger partial charge in [0, 0.05) is 49.0 Å². The Morgan fingerprint density at radius 3 is 2.55 bits per heavy atom. The summed E-state index contributed by atoms with van der Waals surface area (Å²) in [6, 6.07) is 7.12. The summed E-state index contributed by atoms with van der Waals surface area (Å²) < 4.78 is 5.77. The number of benzene rings is 1. The maximum absolute atomic E-state index is 12.5. The molecule has 1 saturated carbocycles. The number of hydrogen-bond acceptors (Lipinski definition) is 8. The maximum atomic E-state index is 12.5. The zero-order valence-corrected chi connectivity index (χ0v) is 23.1. The van der Waals surface area contributed by atoms with Crippen molar-refractivity contribution in [2.24, 2.45) is 28.5 Å². The Hall–Kier alpha value is -3.95. The van der Waals surface area contributed by atoms with Gasteiger partial charge < -0.3 is 26.4 Å². The van der Waals surface area contributed by atoms with Crippen LogP contribution in [0.25, 0.3) is 5.70 Å². The van der Waals surface area contributed by atoms with Crippen molar-refractivity contribution in [2.75, 3.05) is 31.8 Å². The first-order valence-corrected chi connectivity index (χ1v) is 13.0. The number of rotatable bonds is 12. The Morgan fingerprint density at radius 2 is 1.97 bits per heavy atom. The number of anilines is 3. The minimum absolute atomic E-state index is 0.00255. The van der Waals surface area contributed by atoms with Gasteiger partial charge in [0.15, 0.2) is 17.3 Å². The van der Waals surface area contributed by atoms with Gasteiger partial charge in [-0.05, 0) is 49.8 Å². The Kier molecular flexibility index (Phi) is 9.81. The van der Waals surface area contributed by atoms with E-state index < -0.39 is 5.91 Å². The van der Waals surface area contributed by atoms with Crippen LogP contribution in [0.3, 0.4) is 0 Å². The lowest BCUT2D eigenvalue weighted by Gasteiger charge is -2.19. The van der Waals surface area contributed by atoms with Gasteiger partial charge in [0.25, 0.3) is 5.91 Å². The summed E-state index contributed by atoms with van der Waals surface area (Å²) in [6.07, 6.45) is 5.61. The summed E-state index contributed by atoms with van der Waals surface area (Å²) in [5.41, 5.74) is 9.74. The number of methoxy groups -OCH3 is 1. The first-order chi connectivity index (χ1) is 18.2. The molecular formula is C28H39N7O3. The van der Waals surface area contributed by atoms with Crippen LogP contribution in [0, 0.1) is 17.8 Å². The third-order valence-corrected chi connectivity index (χ3v) is 6.46. The first kappa shape index (κ1) is 28.6. The molecule has 1 aromatic heterocycles. The average molecular weight is 522 g/mol. The molecule has 2 amide bonds. The molecule has 1 atom stereocenters. The molecule has 1 aliphatic carbocycles. The van der Waals surface area contributed by atoms with Crippen molar-refractivity contribution >= 4 is 40.4 Å². The SMILES string of the molecule is CCC(CC(C)C)C(/C=C(\N)c1cccc(Nc2cc(NC(=O)C3CC3)nnc2C(=O)NC)c1OC)=NC. The van der Waals surface area contributed by atoms with Gasteiger partial charge in [-0.25, -0.2) is 0 Å². The van der Waals surface area contributed by atoms with Crippen LogP contribution in [0.2, 0.25) is 0 Å². The lowest BCUT2D eigenvalue weighted by molar-refractivity contribution is -0.117. The average Bonchev–Trinajstić information content (AvgIpc) is 3.75. The minimum Gasteiger partial charge on any atom is -0.494 e. The molecule has 1 aliphatic rings. The molecule has 1 unspecified atom stereocenters. The molecule has 10 heteroatoms. The molecule has 2 aromatic rings. The number of para-hydroxylation sites is 1. The van der Waals surface area contributed by atoms with Gasteiger partial charge in [-0.2, -0.15) is 0 Å². The van der Waals surface area contributed by atoms with Crippen LogP contribution in [-0.4, -0.2) is 48.9 Å². The summed E-state index contributed by atoms with van der Waals surface area (Å²) in [4.78, 5) is 29.3. The molecule has 1 fully saturated rings. The predicted molar refractivity (Wildman–Crippen MR) is 152 cm³/mol. The Balaban J connectivity index is 1.98. The number of nitrogens with one attached hydrogen (secondary N) is 3. The second-order valence-corrected chi connectivity index (χ2v) is 9.83. The van der Waals surface area contributed by atoms with Crippen LogP contribution in [0.1, 0.15) is 62.5 Å². The molecule has 5 N–H and O–H groups in total. The first-order valence-electron chi connectivity index (χ1n) is 13.0. The highest BCUT2D eigenvalue weighted by atomic mass is 16.5. The number of ether oxygens (including phenoxy) is 1. The van der Waals surface area contributed by atoms with E-state index in [0.717, 1.165) is 31.4 Å². The number of amides is 2. The molecular weight excluding hydrogens is 482 g/mol. The summed E-state index contributed by atoms with van der Waals surface area (Å²) >= 11 is 0. The van der Waals surface area contributed by atoms with Gasteiger partial charge in [0.2, 0.25) is 5.91 Å². The second-order valence-electron chi connectivity index (χ2n) is 9.83. The van der Waals surface area contributed by atoms with E-state index in [-0.39, 0.29) is 23.3 Å². The van der Waals surface area contributed by atoms with E-state index in [2.05, 4.69) is 51.9 Å². The topological polar surface area (TPSA) is 144 Å². The van der Waals surface area contributed by atoms with Crippen LogP contribution >= 0.6 is 0 Å². The number of nitrogens with two attached hydrogens (primary N) is 1. The van der Waals surface area contributed by atoms with E-state index in [1.54, 1.807) is 20.2 Å². The monoisotopic (exact) mass is 521 g/mol. The fraction of sp³-hybridized carbons (Fsp3) is 0.464. The van der Waals surface area contributed by atoms with Crippen molar-refractivity contribution in [3.05, 3.63) is 41.6 Å². The number of hydrogen-bond donors (Lipinski definition) is 4. The summed E-state index contributed by atoms with van der Waals surface area (Å²) in [5, 5.41) is 16.7. The van der Waals surface area contributed by atoms with E-state index in [4.69, 9.17) is 10.5 Å². The van der Waals surface area contributed by atoms with Gasteiger partial charge in [0.1, 0.15) is 0 Å². The fourth-order valence-electron chi connectivity index (χ4n) is 4.30. The number of nitrogens with zero attached hydrogens (tertiary/aromatic N) is 3. The standard InChI is InChI=1S/C28H39N7O3/c1-7-17(13-16(2)3)22(30-4)14-20(29)19-9-8-10-21(26(19)38-6)32-23-15-24(33-27(36)18-11-12-18)34-35-25(23)28(37)31-5/h8-10,14-18H,7,11-13,29H2,1-6H3,(H,31,37)(H2,32,33,34,36)/b20-14-,30-22?. The van der Waals surface area contributed by atoms with Crippen molar-refractivity contribution in [2.45, 2.75) is 46.5 Å². The lowest BCUT2D eigenvalue weighted by Crippen LogP contribution is -2.22. The molecule has 10 nitrogen and oxygen atoms in total. The maximum Gasteiger partial charge on any atom is 0.273 e. The Morgan fingerprint density at radius 1 is 1.24 bits per heavy atom. The van der Waals surface area contributed by atoms with Gasteiger partial charge in [-0.3, -0.25) is 14.6 Å². The smallest absolute Gasteiger partial charge is 0.273 e. The normalized spacial score (nSPS) is 14.7. The molecule has 38 heavy (non-hydrogen) atoms. The van der Waals surface area contributed by atoms with E-state index in [9.17, 15) is 9.59 Å². The van der Waals surface area contributed by atoms with Crippen LogP contribution < -0.4 is 26.4 Å². The predicted octanol–water partition coefficient (Wildman–Crippen LogP) is 4.38. The largest absolute Gasteiger partial charge is 0.494 e. The Labute approximate surface area is 224 Å². The third-order valence-electron chi connectivity index (χ3n) is 6.46. The number of allylic oxidation sites excluding steroid dienone is 1. The molecule has 3 rings (SSSR count). The number of aliphatic imine (C=N–C) groups is 1. The summed E-state index contributed by atoms with van der Waals surface area (Å²) in [7, 11) is 4.86. The number of carbonyl (C=O) groups is 2. The van der Waals surface area contributed by atoms with Crippen molar-refractivity contribution in [3.8, 4) is 5.75 Å². The molecule has 0 saturated heterocycles. The van der Waals surface area contributed by atoms with Crippen LogP contribution in [-0.2, 0) is 4.79 Å². The van der Waals surface area contributed by atoms with E-state index in [1.807, 2.05) is 24.3 Å². The summed E-state index contributed by atoms with van der Waals surface area (Å²) in [6.45, 7) is 6.55. The van der Waals surface area contributed by atoms with Crippen LogP contribution in [0.5, 0.6) is 5.75 Å². The fourth-order valence-corrected chi connectivity index (χ4v) is 4.30. The highest BCUT2D eigenvalue weighted by molar-refractivity contribution is 6.03. The van der Waals surface area contributed by atoms with Crippen molar-refractivity contribution < 1.29 is 14.3 Å².